The lowest BCUT2D eigenvalue weighted by Crippen LogP contribution is -2.33. The molecule has 1 aliphatic heterocycles. The monoisotopic (exact) mass is 410 g/mol. The number of rotatable bonds is 9. The number of methoxy groups -OCH3 is 2. The van der Waals surface area contributed by atoms with Gasteiger partial charge in [0.25, 0.3) is 0 Å². The summed E-state index contributed by atoms with van der Waals surface area (Å²) in [6, 6.07) is 14.3. The lowest BCUT2D eigenvalue weighted by Gasteiger charge is -2.30. The van der Waals surface area contributed by atoms with Gasteiger partial charge in [-0.25, -0.2) is 0 Å². The van der Waals surface area contributed by atoms with Crippen LogP contribution in [0.25, 0.3) is 0 Å². The van der Waals surface area contributed by atoms with Crippen LogP contribution < -0.4 is 14.8 Å². The molecule has 3 rings (SSSR count). The Bertz CT molecular complexity index is 797. The molecule has 2 aromatic rings. The van der Waals surface area contributed by atoms with Crippen molar-refractivity contribution in [3.63, 3.8) is 0 Å². The second kappa shape index (κ2) is 11.0. The third-order valence-corrected chi connectivity index (χ3v) is 5.71. The molecule has 5 nitrogen and oxygen atoms in total. The molecule has 0 bridgehead atoms. The number of hydrogen-bond donors (Lipinski definition) is 1. The van der Waals surface area contributed by atoms with Crippen LogP contribution in [0.3, 0.4) is 0 Å². The summed E-state index contributed by atoms with van der Waals surface area (Å²) < 4.78 is 10.6. The molecule has 1 heterocycles. The maximum atomic E-state index is 12.3. The number of amides is 1. The van der Waals surface area contributed by atoms with Crippen molar-refractivity contribution in [3.8, 4) is 11.5 Å². The first-order chi connectivity index (χ1) is 14.6. The molecule has 1 aliphatic rings. The Morgan fingerprint density at radius 3 is 2.33 bits per heavy atom. The predicted molar refractivity (Wildman–Crippen MR) is 120 cm³/mol. The highest BCUT2D eigenvalue weighted by Crippen LogP contribution is 2.23. The number of ether oxygens (including phenoxy) is 2. The van der Waals surface area contributed by atoms with Gasteiger partial charge >= 0.3 is 0 Å². The van der Waals surface area contributed by atoms with Gasteiger partial charge in [-0.2, -0.15) is 0 Å². The van der Waals surface area contributed by atoms with Crippen molar-refractivity contribution in [2.24, 2.45) is 5.92 Å². The lowest BCUT2D eigenvalue weighted by atomic mass is 9.99. The zero-order chi connectivity index (χ0) is 21.3. The molecule has 2 aromatic carbocycles. The fraction of sp³-hybridized carbons (Fsp3) is 0.480. The van der Waals surface area contributed by atoms with Gasteiger partial charge in [-0.1, -0.05) is 31.2 Å². The van der Waals surface area contributed by atoms with E-state index in [9.17, 15) is 4.79 Å². The molecular formula is C25H34N2O3. The van der Waals surface area contributed by atoms with Gasteiger partial charge in [0.1, 0.15) is 11.5 Å². The minimum Gasteiger partial charge on any atom is -0.497 e. The summed E-state index contributed by atoms with van der Waals surface area (Å²) in [6.45, 7) is 6.29. The molecule has 0 saturated carbocycles. The van der Waals surface area contributed by atoms with Gasteiger partial charge in [0.05, 0.1) is 14.2 Å². The highest BCUT2D eigenvalue weighted by atomic mass is 16.5. The number of nitrogens with one attached hydrogen (secondary N) is 1. The summed E-state index contributed by atoms with van der Waals surface area (Å²) in [4.78, 5) is 14.8. The molecule has 1 saturated heterocycles. The van der Waals surface area contributed by atoms with Crippen molar-refractivity contribution in [2.45, 2.75) is 45.7 Å². The van der Waals surface area contributed by atoms with Crippen LogP contribution in [0.15, 0.2) is 42.5 Å². The summed E-state index contributed by atoms with van der Waals surface area (Å²) in [7, 11) is 3.26. The van der Waals surface area contributed by atoms with Crippen molar-refractivity contribution in [1.29, 1.82) is 0 Å². The van der Waals surface area contributed by atoms with Crippen molar-refractivity contribution in [3.05, 3.63) is 59.2 Å². The first kappa shape index (κ1) is 22.2. The first-order valence-corrected chi connectivity index (χ1v) is 10.8. The number of carbonyl (C=O) groups excluding carboxylic acids is 1. The van der Waals surface area contributed by atoms with E-state index < -0.39 is 0 Å². The molecule has 1 atom stereocenters. The number of likely N-dealkylation sites (tertiary alicyclic amines) is 1. The predicted octanol–water partition coefficient (Wildman–Crippen LogP) is 4.18. The van der Waals surface area contributed by atoms with E-state index in [1.807, 2.05) is 18.2 Å². The van der Waals surface area contributed by atoms with Crippen LogP contribution >= 0.6 is 0 Å². The summed E-state index contributed by atoms with van der Waals surface area (Å²) in [5.74, 6) is 2.32. The minimum atomic E-state index is 0.0446. The molecule has 1 N–H and O–H groups in total. The van der Waals surface area contributed by atoms with E-state index >= 15 is 0 Å². The Hall–Kier alpha value is -2.53. The molecule has 5 heteroatoms. The molecule has 30 heavy (non-hydrogen) atoms. The fourth-order valence-corrected chi connectivity index (χ4v) is 4.01. The van der Waals surface area contributed by atoms with E-state index in [4.69, 9.17) is 9.47 Å². The summed E-state index contributed by atoms with van der Waals surface area (Å²) >= 11 is 0. The average molecular weight is 411 g/mol. The van der Waals surface area contributed by atoms with Gasteiger partial charge in [0, 0.05) is 32.1 Å². The molecule has 0 spiro atoms. The Labute approximate surface area is 180 Å². The molecule has 1 fully saturated rings. The minimum absolute atomic E-state index is 0.0446. The smallest absolute Gasteiger partial charge is 0.220 e. The molecule has 0 aromatic heterocycles. The van der Waals surface area contributed by atoms with Gasteiger partial charge in [-0.05, 0) is 60.5 Å². The second-order valence-electron chi connectivity index (χ2n) is 8.30. The standard InChI is InChI=1S/C25H34N2O3/c1-19-5-4-12-27(17-19)18-21-8-6-20(7-9-21)16-26-25(28)11-10-22-13-23(29-2)15-24(14-22)30-3/h6-9,13-15,19H,4-5,10-12,16-18H2,1-3H3,(H,26,28). The van der Waals surface area contributed by atoms with Gasteiger partial charge in [0.15, 0.2) is 0 Å². The van der Waals surface area contributed by atoms with Crippen LogP contribution in [0, 0.1) is 5.92 Å². The number of hydrogen-bond acceptors (Lipinski definition) is 4. The lowest BCUT2D eigenvalue weighted by molar-refractivity contribution is -0.121. The van der Waals surface area contributed by atoms with Gasteiger partial charge in [-0.3, -0.25) is 9.69 Å². The normalized spacial score (nSPS) is 16.8. The molecule has 1 unspecified atom stereocenters. The topological polar surface area (TPSA) is 50.8 Å². The largest absolute Gasteiger partial charge is 0.497 e. The number of benzene rings is 2. The maximum absolute atomic E-state index is 12.3. The van der Waals surface area contributed by atoms with E-state index in [0.29, 0.717) is 19.4 Å². The van der Waals surface area contributed by atoms with Crippen LogP contribution in [0.2, 0.25) is 0 Å². The zero-order valence-corrected chi connectivity index (χ0v) is 18.4. The molecular weight excluding hydrogens is 376 g/mol. The molecule has 0 aliphatic carbocycles. The Morgan fingerprint density at radius 2 is 1.70 bits per heavy atom. The quantitative estimate of drug-likeness (QED) is 0.674. The van der Waals surface area contributed by atoms with Crippen molar-refractivity contribution in [1.82, 2.24) is 10.2 Å². The third kappa shape index (κ3) is 6.77. The summed E-state index contributed by atoms with van der Waals surface area (Å²) in [5, 5.41) is 3.02. The maximum Gasteiger partial charge on any atom is 0.220 e. The van der Waals surface area contributed by atoms with E-state index in [1.165, 1.54) is 31.5 Å². The van der Waals surface area contributed by atoms with E-state index in [1.54, 1.807) is 14.2 Å². The molecule has 1 amide bonds. The highest BCUT2D eigenvalue weighted by molar-refractivity contribution is 5.76. The third-order valence-electron chi connectivity index (χ3n) is 5.71. The molecule has 162 valence electrons. The number of carbonyl (C=O) groups is 1. The zero-order valence-electron chi connectivity index (χ0n) is 18.4. The molecule has 0 radical (unpaired) electrons. The Kier molecular flexibility index (Phi) is 8.14. The van der Waals surface area contributed by atoms with E-state index in [2.05, 4.69) is 41.4 Å². The van der Waals surface area contributed by atoms with Crippen molar-refractivity contribution < 1.29 is 14.3 Å². The van der Waals surface area contributed by atoms with Gasteiger partial charge < -0.3 is 14.8 Å². The van der Waals surface area contributed by atoms with Crippen molar-refractivity contribution >= 4 is 5.91 Å². The Morgan fingerprint density at radius 1 is 1.03 bits per heavy atom. The number of nitrogens with zero attached hydrogens (tertiary/aromatic N) is 1. The second-order valence-corrected chi connectivity index (χ2v) is 8.30. The number of aryl methyl sites for hydroxylation is 1. The average Bonchev–Trinajstić information content (AvgIpc) is 2.77. The van der Waals surface area contributed by atoms with Crippen LogP contribution in [0.5, 0.6) is 11.5 Å². The van der Waals surface area contributed by atoms with E-state index in [-0.39, 0.29) is 5.91 Å². The fourth-order valence-electron chi connectivity index (χ4n) is 4.01. The summed E-state index contributed by atoms with van der Waals surface area (Å²) in [6.07, 6.45) is 3.72. The van der Waals surface area contributed by atoms with Crippen LogP contribution in [0.4, 0.5) is 0 Å². The Balaban J connectivity index is 1.43. The first-order valence-electron chi connectivity index (χ1n) is 10.8. The van der Waals surface area contributed by atoms with Crippen molar-refractivity contribution in [2.75, 3.05) is 27.3 Å². The SMILES string of the molecule is COc1cc(CCC(=O)NCc2ccc(CN3CCCC(C)C3)cc2)cc(OC)c1. The van der Waals surface area contributed by atoms with Crippen LogP contribution in [-0.4, -0.2) is 38.1 Å². The van der Waals surface area contributed by atoms with Gasteiger partial charge in [0.2, 0.25) is 5.91 Å². The van der Waals surface area contributed by atoms with Gasteiger partial charge in [-0.15, -0.1) is 0 Å². The van der Waals surface area contributed by atoms with Crippen LogP contribution in [-0.2, 0) is 24.3 Å². The number of piperidine rings is 1. The van der Waals surface area contributed by atoms with Crippen LogP contribution in [0.1, 0.15) is 42.9 Å². The highest BCUT2D eigenvalue weighted by Gasteiger charge is 2.16. The summed E-state index contributed by atoms with van der Waals surface area (Å²) in [5.41, 5.74) is 3.49. The van der Waals surface area contributed by atoms with E-state index in [0.717, 1.165) is 35.1 Å².